The molecule has 1 aromatic carbocycles. The lowest BCUT2D eigenvalue weighted by molar-refractivity contribution is -0.0352. The van der Waals surface area contributed by atoms with Crippen LogP contribution in [0.1, 0.15) is 42.5 Å². The van der Waals surface area contributed by atoms with E-state index in [0.717, 1.165) is 38.8 Å². The van der Waals surface area contributed by atoms with Crippen LogP contribution in [0, 0.1) is 0 Å². The first kappa shape index (κ1) is 24.9. The summed E-state index contributed by atoms with van der Waals surface area (Å²) in [5.74, 6) is 0.737. The lowest BCUT2D eigenvalue weighted by Crippen LogP contribution is -2.60. The summed E-state index contributed by atoms with van der Waals surface area (Å²) in [6.07, 6.45) is 6.36. The van der Waals surface area contributed by atoms with Crippen LogP contribution in [-0.2, 0) is 4.74 Å². The Labute approximate surface area is 197 Å². The Balaban J connectivity index is 0.00000320. The summed E-state index contributed by atoms with van der Waals surface area (Å²) in [5, 5.41) is 9.79. The number of guanidine groups is 1. The molecule has 2 aliphatic rings. The number of morpholine rings is 1. The van der Waals surface area contributed by atoms with E-state index < -0.39 is 0 Å². The molecule has 0 spiro atoms. The lowest BCUT2D eigenvalue weighted by atomic mass is 9.80. The van der Waals surface area contributed by atoms with Crippen molar-refractivity contribution in [1.29, 1.82) is 0 Å². The fraction of sp³-hybridized carbons (Fsp3) is 0.636. The van der Waals surface area contributed by atoms with E-state index in [1.807, 2.05) is 30.3 Å². The maximum atomic E-state index is 12.1. The maximum absolute atomic E-state index is 12.1. The number of aliphatic imine (C=N–C) groups is 1. The zero-order chi connectivity index (χ0) is 20.4. The molecule has 0 aromatic heterocycles. The molecule has 2 fully saturated rings. The van der Waals surface area contributed by atoms with E-state index in [1.165, 1.54) is 32.1 Å². The predicted molar refractivity (Wildman–Crippen MR) is 132 cm³/mol. The highest BCUT2D eigenvalue weighted by Gasteiger charge is 2.38. The van der Waals surface area contributed by atoms with Crippen LogP contribution in [0.15, 0.2) is 35.3 Å². The van der Waals surface area contributed by atoms with Crippen molar-refractivity contribution < 1.29 is 9.53 Å². The third-order valence-corrected chi connectivity index (χ3v) is 6.01. The second-order valence-electron chi connectivity index (χ2n) is 7.86. The van der Waals surface area contributed by atoms with Crippen LogP contribution in [0.25, 0.3) is 0 Å². The highest BCUT2D eigenvalue weighted by atomic mass is 127. The standard InChI is InChI=1S/C22H35N5O2.HI/c1-23-21(25-13-12-24-20(28)19-8-4-2-5-9-19)26-18-22(10-6-3-7-11-22)27-14-16-29-17-15-27;/h2,4-5,8-9H,3,6-7,10-18H2,1H3,(H,24,28)(H2,23,25,26);1H. The van der Waals surface area contributed by atoms with Crippen molar-refractivity contribution in [3.8, 4) is 0 Å². The third kappa shape index (κ3) is 7.09. The van der Waals surface area contributed by atoms with Crippen LogP contribution < -0.4 is 16.0 Å². The fourth-order valence-corrected chi connectivity index (χ4v) is 4.37. The topological polar surface area (TPSA) is 78.0 Å². The summed E-state index contributed by atoms with van der Waals surface area (Å²) in [6, 6.07) is 9.28. The number of hydrogen-bond donors (Lipinski definition) is 3. The van der Waals surface area contributed by atoms with Crippen molar-refractivity contribution in [3.05, 3.63) is 35.9 Å². The molecule has 0 unspecified atom stereocenters. The minimum Gasteiger partial charge on any atom is -0.379 e. The van der Waals surface area contributed by atoms with Crippen molar-refractivity contribution in [2.45, 2.75) is 37.6 Å². The summed E-state index contributed by atoms with van der Waals surface area (Å²) in [6.45, 7) is 5.75. The first-order chi connectivity index (χ1) is 14.2. The van der Waals surface area contributed by atoms with E-state index >= 15 is 0 Å². The number of hydrogen-bond acceptors (Lipinski definition) is 4. The summed E-state index contributed by atoms with van der Waals surface area (Å²) in [5.41, 5.74) is 0.876. The van der Waals surface area contributed by atoms with E-state index in [0.29, 0.717) is 18.7 Å². The Hall–Kier alpha value is -1.39. The molecule has 30 heavy (non-hydrogen) atoms. The molecule has 1 saturated carbocycles. The lowest BCUT2D eigenvalue weighted by Gasteiger charge is -2.48. The molecule has 1 heterocycles. The van der Waals surface area contributed by atoms with Crippen LogP contribution >= 0.6 is 24.0 Å². The quantitative estimate of drug-likeness (QED) is 0.219. The van der Waals surface area contributed by atoms with Crippen LogP contribution in [0.2, 0.25) is 0 Å². The second kappa shape index (κ2) is 13.1. The van der Waals surface area contributed by atoms with Gasteiger partial charge in [0.1, 0.15) is 0 Å². The van der Waals surface area contributed by atoms with E-state index in [2.05, 4.69) is 25.8 Å². The Morgan fingerprint density at radius 3 is 2.37 bits per heavy atom. The van der Waals surface area contributed by atoms with Crippen LogP contribution in [-0.4, -0.2) is 75.3 Å². The molecule has 1 aromatic rings. The Bertz CT molecular complexity index is 659. The fourth-order valence-electron chi connectivity index (χ4n) is 4.37. The smallest absolute Gasteiger partial charge is 0.251 e. The van der Waals surface area contributed by atoms with Gasteiger partial charge in [-0.2, -0.15) is 0 Å². The van der Waals surface area contributed by atoms with Gasteiger partial charge in [0.25, 0.3) is 5.91 Å². The van der Waals surface area contributed by atoms with Crippen LogP contribution in [0.4, 0.5) is 0 Å². The van der Waals surface area contributed by atoms with Gasteiger partial charge in [-0.05, 0) is 25.0 Å². The first-order valence-corrected chi connectivity index (χ1v) is 10.8. The normalized spacial score (nSPS) is 19.4. The van der Waals surface area contributed by atoms with Gasteiger partial charge in [-0.25, -0.2) is 0 Å². The highest BCUT2D eigenvalue weighted by Crippen LogP contribution is 2.33. The van der Waals surface area contributed by atoms with E-state index in [-0.39, 0.29) is 35.4 Å². The van der Waals surface area contributed by atoms with Crippen LogP contribution in [0.3, 0.4) is 0 Å². The van der Waals surface area contributed by atoms with Crippen molar-refractivity contribution in [3.63, 3.8) is 0 Å². The SMILES string of the molecule is CN=C(NCCNC(=O)c1ccccc1)NCC1(N2CCOCC2)CCCCC1.I. The minimum atomic E-state index is -0.0520. The van der Waals surface area contributed by atoms with E-state index in [1.54, 1.807) is 7.05 Å². The number of nitrogens with one attached hydrogen (secondary N) is 3. The maximum Gasteiger partial charge on any atom is 0.251 e. The molecule has 1 aliphatic carbocycles. The molecule has 1 amide bonds. The van der Waals surface area contributed by atoms with Gasteiger partial charge < -0.3 is 20.7 Å². The molecule has 8 heteroatoms. The zero-order valence-corrected chi connectivity index (χ0v) is 20.3. The van der Waals surface area contributed by atoms with E-state index in [4.69, 9.17) is 4.74 Å². The molecule has 0 bridgehead atoms. The van der Waals surface area contributed by atoms with Gasteiger partial charge in [-0.3, -0.25) is 14.7 Å². The molecule has 0 atom stereocenters. The molecular weight excluding hydrogens is 493 g/mol. The molecular formula is C22H36IN5O2. The average molecular weight is 529 g/mol. The van der Waals surface area contributed by atoms with Gasteiger partial charge in [-0.1, -0.05) is 37.5 Å². The number of rotatable bonds is 7. The van der Waals surface area contributed by atoms with Crippen LogP contribution in [0.5, 0.6) is 0 Å². The van der Waals surface area contributed by atoms with Crippen molar-refractivity contribution in [2.24, 2.45) is 4.99 Å². The molecule has 3 N–H and O–H groups in total. The number of nitrogens with zero attached hydrogens (tertiary/aromatic N) is 2. The molecule has 0 radical (unpaired) electrons. The van der Waals surface area contributed by atoms with Gasteiger partial charge >= 0.3 is 0 Å². The average Bonchev–Trinajstić information content (AvgIpc) is 2.80. The molecule has 168 valence electrons. The number of carbonyl (C=O) groups excluding carboxylic acids is 1. The van der Waals surface area contributed by atoms with Gasteiger partial charge in [0, 0.05) is 50.9 Å². The van der Waals surface area contributed by atoms with Crippen molar-refractivity contribution in [1.82, 2.24) is 20.9 Å². The number of carbonyl (C=O) groups is 1. The summed E-state index contributed by atoms with van der Waals surface area (Å²) >= 11 is 0. The zero-order valence-electron chi connectivity index (χ0n) is 18.0. The molecule has 3 rings (SSSR count). The number of halogens is 1. The molecule has 1 aliphatic heterocycles. The number of benzene rings is 1. The van der Waals surface area contributed by atoms with Gasteiger partial charge in [-0.15, -0.1) is 24.0 Å². The summed E-state index contributed by atoms with van der Waals surface area (Å²) in [7, 11) is 1.79. The first-order valence-electron chi connectivity index (χ1n) is 10.8. The second-order valence-corrected chi connectivity index (χ2v) is 7.86. The van der Waals surface area contributed by atoms with E-state index in [9.17, 15) is 4.79 Å². The van der Waals surface area contributed by atoms with Gasteiger partial charge in [0.05, 0.1) is 13.2 Å². The predicted octanol–water partition coefficient (Wildman–Crippen LogP) is 2.23. The molecule has 7 nitrogen and oxygen atoms in total. The number of amides is 1. The Morgan fingerprint density at radius 1 is 1.03 bits per heavy atom. The minimum absolute atomic E-state index is 0. The summed E-state index contributed by atoms with van der Waals surface area (Å²) in [4.78, 5) is 19.1. The monoisotopic (exact) mass is 529 g/mol. The molecule has 1 saturated heterocycles. The van der Waals surface area contributed by atoms with Gasteiger partial charge in [0.15, 0.2) is 5.96 Å². The highest BCUT2D eigenvalue weighted by molar-refractivity contribution is 14.0. The third-order valence-electron chi connectivity index (χ3n) is 6.01. The van der Waals surface area contributed by atoms with Crippen molar-refractivity contribution in [2.75, 3.05) is 53.0 Å². The van der Waals surface area contributed by atoms with Crippen molar-refractivity contribution >= 4 is 35.8 Å². The Morgan fingerprint density at radius 2 is 1.70 bits per heavy atom. The number of ether oxygens (including phenoxy) is 1. The largest absolute Gasteiger partial charge is 0.379 e. The Kier molecular flexibility index (Phi) is 10.9. The van der Waals surface area contributed by atoms with Gasteiger partial charge in [0.2, 0.25) is 0 Å². The summed E-state index contributed by atoms with van der Waals surface area (Å²) < 4.78 is 5.57.